The average Bonchev–Trinajstić information content (AvgIpc) is 2.56. The molecule has 1 amide bonds. The summed E-state index contributed by atoms with van der Waals surface area (Å²) in [6, 6.07) is 7.24. The Bertz CT molecular complexity index is 541. The second kappa shape index (κ2) is 11.1. The lowest BCUT2D eigenvalue weighted by Crippen LogP contribution is -2.47. The van der Waals surface area contributed by atoms with E-state index in [4.69, 9.17) is 23.8 Å². The number of hydrazine groups is 1. The molecule has 0 atom stereocenters. The molecule has 0 spiro atoms. The highest BCUT2D eigenvalue weighted by atomic mass is 35.5. The van der Waals surface area contributed by atoms with Crippen molar-refractivity contribution >= 4 is 52.6 Å². The van der Waals surface area contributed by atoms with Gasteiger partial charge in [0.05, 0.1) is 12.9 Å². The number of benzene rings is 1. The minimum atomic E-state index is -0.266. The predicted octanol–water partition coefficient (Wildman–Crippen LogP) is 1.88. The van der Waals surface area contributed by atoms with E-state index in [2.05, 4.69) is 20.9 Å². The van der Waals surface area contributed by atoms with Crippen LogP contribution in [0.2, 0.25) is 5.02 Å². The van der Waals surface area contributed by atoms with Crippen molar-refractivity contribution in [3.8, 4) is 0 Å². The number of rotatable bonds is 7. The molecule has 0 unspecified atom stereocenters. The van der Waals surface area contributed by atoms with E-state index >= 15 is 0 Å². The molecule has 0 aliphatic carbocycles. The van der Waals surface area contributed by atoms with Gasteiger partial charge in [0, 0.05) is 22.9 Å². The number of hydrogen-bond acceptors (Lipinski definition) is 5. The highest BCUT2D eigenvalue weighted by Crippen LogP contribution is 2.19. The Labute approximate surface area is 149 Å². The fourth-order valence-corrected chi connectivity index (χ4v) is 2.40. The molecule has 3 N–H and O–H groups in total. The molecule has 6 nitrogen and oxygen atoms in total. The first kappa shape index (κ1) is 19.5. The SMILES string of the molecule is COC(=O)CCCNC(=S)NNC(=O)CSc1ccc(Cl)cc1. The molecular weight excluding hydrogens is 358 g/mol. The number of carbonyl (C=O) groups excluding carboxylic acids is 2. The molecule has 0 saturated carbocycles. The number of carbonyl (C=O) groups is 2. The molecule has 0 bridgehead atoms. The molecule has 1 aromatic carbocycles. The van der Waals surface area contributed by atoms with Crippen molar-refractivity contribution < 1.29 is 14.3 Å². The van der Waals surface area contributed by atoms with E-state index in [9.17, 15) is 9.59 Å². The van der Waals surface area contributed by atoms with Gasteiger partial charge in [0.25, 0.3) is 0 Å². The zero-order valence-corrected chi connectivity index (χ0v) is 14.9. The zero-order valence-electron chi connectivity index (χ0n) is 12.6. The van der Waals surface area contributed by atoms with Crippen molar-refractivity contribution in [2.75, 3.05) is 19.4 Å². The van der Waals surface area contributed by atoms with E-state index in [0.717, 1.165) is 4.90 Å². The standard InChI is InChI=1S/C14H18ClN3O3S2/c1-21-13(20)3-2-8-16-14(22)18-17-12(19)9-23-11-6-4-10(15)5-7-11/h4-7H,2-3,8-9H2,1H3,(H,17,19)(H2,16,18,22). The summed E-state index contributed by atoms with van der Waals surface area (Å²) in [6.45, 7) is 0.510. The molecule has 126 valence electrons. The van der Waals surface area contributed by atoms with Crippen LogP contribution in [0, 0.1) is 0 Å². The van der Waals surface area contributed by atoms with Crippen LogP contribution in [0.5, 0.6) is 0 Å². The van der Waals surface area contributed by atoms with Gasteiger partial charge in [-0.05, 0) is 42.9 Å². The van der Waals surface area contributed by atoms with Gasteiger partial charge in [-0.25, -0.2) is 0 Å². The lowest BCUT2D eigenvalue weighted by Gasteiger charge is -2.11. The molecule has 9 heteroatoms. The van der Waals surface area contributed by atoms with E-state index in [0.29, 0.717) is 29.5 Å². The summed E-state index contributed by atoms with van der Waals surface area (Å²) < 4.78 is 4.52. The summed E-state index contributed by atoms with van der Waals surface area (Å²) in [4.78, 5) is 23.5. The van der Waals surface area contributed by atoms with Crippen LogP contribution in [0.3, 0.4) is 0 Å². The largest absolute Gasteiger partial charge is 0.469 e. The molecule has 0 aromatic heterocycles. The number of esters is 1. The summed E-state index contributed by atoms with van der Waals surface area (Å²) in [5.74, 6) is -0.221. The third-order valence-corrected chi connectivity index (χ3v) is 4.08. The number of thioether (sulfide) groups is 1. The molecule has 0 fully saturated rings. The van der Waals surface area contributed by atoms with Crippen molar-refractivity contribution in [2.45, 2.75) is 17.7 Å². The normalized spacial score (nSPS) is 9.83. The Kier molecular flexibility index (Phi) is 9.42. The summed E-state index contributed by atoms with van der Waals surface area (Å²) in [6.07, 6.45) is 0.908. The second-order valence-electron chi connectivity index (χ2n) is 4.35. The van der Waals surface area contributed by atoms with Crippen molar-refractivity contribution in [1.82, 2.24) is 16.2 Å². The Balaban J connectivity index is 2.11. The van der Waals surface area contributed by atoms with E-state index in [1.807, 2.05) is 12.1 Å². The van der Waals surface area contributed by atoms with E-state index < -0.39 is 0 Å². The number of ether oxygens (including phenoxy) is 1. The monoisotopic (exact) mass is 375 g/mol. The number of hydrogen-bond donors (Lipinski definition) is 3. The van der Waals surface area contributed by atoms with E-state index in [1.165, 1.54) is 18.9 Å². The van der Waals surface area contributed by atoms with Crippen molar-refractivity contribution in [2.24, 2.45) is 0 Å². The maximum Gasteiger partial charge on any atom is 0.305 e. The first-order valence-electron chi connectivity index (χ1n) is 6.79. The lowest BCUT2D eigenvalue weighted by molar-refractivity contribution is -0.140. The Morgan fingerprint density at radius 1 is 1.26 bits per heavy atom. The fourth-order valence-electron chi connectivity index (χ4n) is 1.42. The Hall–Kier alpha value is -1.51. The van der Waals surface area contributed by atoms with Crippen LogP contribution in [-0.4, -0.2) is 36.4 Å². The number of amides is 1. The van der Waals surface area contributed by atoms with Crippen LogP contribution in [0.25, 0.3) is 0 Å². The van der Waals surface area contributed by atoms with Crippen LogP contribution in [0.4, 0.5) is 0 Å². The van der Waals surface area contributed by atoms with Crippen LogP contribution in [-0.2, 0) is 14.3 Å². The summed E-state index contributed by atoms with van der Waals surface area (Å²) in [5.41, 5.74) is 5.09. The Morgan fingerprint density at radius 2 is 1.96 bits per heavy atom. The number of halogens is 1. The first-order chi connectivity index (χ1) is 11.0. The maximum atomic E-state index is 11.7. The van der Waals surface area contributed by atoms with Gasteiger partial charge in [0.1, 0.15) is 0 Å². The van der Waals surface area contributed by atoms with Crippen molar-refractivity contribution in [1.29, 1.82) is 0 Å². The zero-order chi connectivity index (χ0) is 17.1. The quantitative estimate of drug-likeness (QED) is 0.221. The number of nitrogens with one attached hydrogen (secondary N) is 3. The third kappa shape index (κ3) is 9.27. The molecule has 0 saturated heterocycles. The van der Waals surface area contributed by atoms with Gasteiger partial charge in [0.15, 0.2) is 5.11 Å². The molecule has 1 aromatic rings. The summed E-state index contributed by atoms with van der Waals surface area (Å²) in [7, 11) is 1.35. The van der Waals surface area contributed by atoms with Gasteiger partial charge < -0.3 is 10.1 Å². The molecule has 0 aliphatic rings. The topological polar surface area (TPSA) is 79.5 Å². The Morgan fingerprint density at radius 3 is 2.61 bits per heavy atom. The summed E-state index contributed by atoms with van der Waals surface area (Å²) in [5, 5.41) is 3.82. The number of thiocarbonyl (C=S) groups is 1. The van der Waals surface area contributed by atoms with Gasteiger partial charge in [-0.2, -0.15) is 0 Å². The van der Waals surface area contributed by atoms with Crippen LogP contribution < -0.4 is 16.2 Å². The van der Waals surface area contributed by atoms with Crippen LogP contribution >= 0.6 is 35.6 Å². The molecule has 0 radical (unpaired) electrons. The van der Waals surface area contributed by atoms with Crippen molar-refractivity contribution in [3.05, 3.63) is 29.3 Å². The summed E-state index contributed by atoms with van der Waals surface area (Å²) >= 11 is 12.2. The first-order valence-corrected chi connectivity index (χ1v) is 8.56. The van der Waals surface area contributed by atoms with Gasteiger partial charge in [-0.1, -0.05) is 11.6 Å². The fraction of sp³-hybridized carbons (Fsp3) is 0.357. The lowest BCUT2D eigenvalue weighted by atomic mass is 10.3. The van der Waals surface area contributed by atoms with Gasteiger partial charge in [0.2, 0.25) is 5.91 Å². The van der Waals surface area contributed by atoms with E-state index in [1.54, 1.807) is 12.1 Å². The molecule has 0 heterocycles. The number of methoxy groups -OCH3 is 1. The minimum absolute atomic E-state index is 0.205. The highest BCUT2D eigenvalue weighted by molar-refractivity contribution is 8.00. The average molecular weight is 376 g/mol. The van der Waals surface area contributed by atoms with Gasteiger partial charge in [-0.3, -0.25) is 20.4 Å². The highest BCUT2D eigenvalue weighted by Gasteiger charge is 2.04. The smallest absolute Gasteiger partial charge is 0.305 e. The molecular formula is C14H18ClN3O3S2. The molecule has 0 aliphatic heterocycles. The third-order valence-electron chi connectivity index (χ3n) is 2.57. The van der Waals surface area contributed by atoms with Crippen LogP contribution in [0.1, 0.15) is 12.8 Å². The molecule has 23 heavy (non-hydrogen) atoms. The minimum Gasteiger partial charge on any atom is -0.469 e. The molecule has 1 rings (SSSR count). The van der Waals surface area contributed by atoms with Crippen molar-refractivity contribution in [3.63, 3.8) is 0 Å². The van der Waals surface area contributed by atoms with Gasteiger partial charge in [-0.15, -0.1) is 11.8 Å². The maximum absolute atomic E-state index is 11.7. The predicted molar refractivity (Wildman–Crippen MR) is 95.3 cm³/mol. The van der Waals surface area contributed by atoms with Gasteiger partial charge >= 0.3 is 5.97 Å². The van der Waals surface area contributed by atoms with Crippen LogP contribution in [0.15, 0.2) is 29.2 Å². The van der Waals surface area contributed by atoms with E-state index in [-0.39, 0.29) is 17.6 Å². The second-order valence-corrected chi connectivity index (χ2v) is 6.24.